The molecule has 0 saturated heterocycles. The van der Waals surface area contributed by atoms with Gasteiger partial charge in [0.05, 0.1) is 28.0 Å². The normalized spacial score (nSPS) is 12.0. The summed E-state index contributed by atoms with van der Waals surface area (Å²) in [6.07, 6.45) is 6.62. The lowest BCUT2D eigenvalue weighted by Gasteiger charge is -2.18. The summed E-state index contributed by atoms with van der Waals surface area (Å²) >= 11 is 9.86. The topological polar surface area (TPSA) is 94.8 Å². The smallest absolute Gasteiger partial charge is 0.193 e. The third kappa shape index (κ3) is 4.80. The van der Waals surface area contributed by atoms with Crippen LogP contribution in [0.25, 0.3) is 5.82 Å². The molecule has 10 heteroatoms. The number of hydrogen-bond donors (Lipinski definition) is 1. The fourth-order valence-electron chi connectivity index (χ4n) is 2.95. The predicted molar refractivity (Wildman–Crippen MR) is 113 cm³/mol. The lowest BCUT2D eigenvalue weighted by atomic mass is 9.98. The monoisotopic (exact) mass is 478 g/mol. The van der Waals surface area contributed by atoms with E-state index in [1.54, 1.807) is 45.0 Å². The molecule has 0 fully saturated rings. The molecule has 3 aromatic rings. The third-order valence-corrected chi connectivity index (χ3v) is 5.49. The quantitative estimate of drug-likeness (QED) is 0.527. The molecular formula is C19H20BrClN6O2. The van der Waals surface area contributed by atoms with E-state index in [4.69, 9.17) is 16.3 Å². The van der Waals surface area contributed by atoms with Crippen molar-refractivity contribution < 1.29 is 9.53 Å². The number of hydrogen-bond acceptors (Lipinski definition) is 7. The molecule has 3 heterocycles. The highest BCUT2D eigenvalue weighted by Crippen LogP contribution is 2.33. The number of anilines is 1. The van der Waals surface area contributed by atoms with E-state index in [0.29, 0.717) is 16.7 Å². The van der Waals surface area contributed by atoms with Gasteiger partial charge in [0.2, 0.25) is 0 Å². The minimum absolute atomic E-state index is 0.0169. The van der Waals surface area contributed by atoms with Gasteiger partial charge in [-0.25, -0.2) is 9.97 Å². The number of ether oxygens (including phenoxy) is 1. The summed E-state index contributed by atoms with van der Waals surface area (Å²) in [6, 6.07) is 1.71. The maximum absolute atomic E-state index is 12.7. The average molecular weight is 480 g/mol. The van der Waals surface area contributed by atoms with Gasteiger partial charge in [0.1, 0.15) is 11.6 Å². The summed E-state index contributed by atoms with van der Waals surface area (Å²) in [6.45, 7) is 1.93. The van der Waals surface area contributed by atoms with Gasteiger partial charge in [-0.1, -0.05) is 11.6 Å². The van der Waals surface area contributed by atoms with Gasteiger partial charge >= 0.3 is 0 Å². The van der Waals surface area contributed by atoms with Crippen LogP contribution in [-0.4, -0.2) is 44.9 Å². The summed E-state index contributed by atoms with van der Waals surface area (Å²) < 4.78 is 6.27. The first-order valence-corrected chi connectivity index (χ1v) is 10.0. The van der Waals surface area contributed by atoms with Crippen molar-refractivity contribution >= 4 is 39.1 Å². The minimum Gasteiger partial charge on any atom is -0.377 e. The van der Waals surface area contributed by atoms with Crippen LogP contribution < -0.4 is 5.32 Å². The highest BCUT2D eigenvalue weighted by atomic mass is 79.9. The zero-order valence-electron chi connectivity index (χ0n) is 16.2. The number of carbonyl (C=O) groups is 1. The molecule has 3 aromatic heterocycles. The van der Waals surface area contributed by atoms with Crippen molar-refractivity contribution in [1.29, 1.82) is 0 Å². The van der Waals surface area contributed by atoms with E-state index in [9.17, 15) is 4.79 Å². The van der Waals surface area contributed by atoms with Crippen molar-refractivity contribution in [3.63, 3.8) is 0 Å². The molecule has 0 unspecified atom stereocenters. The SMILES string of the molecule is CNc1ncc(CC(=O)Cc2cnc(-n3nccn3)c(Cl)c2)c([C@H](C)OC)c1Br. The van der Waals surface area contributed by atoms with Crippen LogP contribution in [0.2, 0.25) is 5.02 Å². The van der Waals surface area contributed by atoms with E-state index in [1.165, 1.54) is 4.80 Å². The molecule has 0 saturated carbocycles. The third-order valence-electron chi connectivity index (χ3n) is 4.41. The first-order valence-electron chi connectivity index (χ1n) is 8.85. The molecule has 0 radical (unpaired) electrons. The van der Waals surface area contributed by atoms with Crippen LogP contribution >= 0.6 is 27.5 Å². The Hall–Kier alpha value is -2.36. The second kappa shape index (κ2) is 9.43. The van der Waals surface area contributed by atoms with Gasteiger partial charge in [0, 0.05) is 45.0 Å². The molecule has 1 atom stereocenters. The molecule has 152 valence electrons. The molecule has 0 aromatic carbocycles. The molecule has 29 heavy (non-hydrogen) atoms. The molecule has 0 aliphatic carbocycles. The molecule has 1 N–H and O–H groups in total. The Morgan fingerprint density at radius 3 is 2.62 bits per heavy atom. The number of rotatable bonds is 8. The van der Waals surface area contributed by atoms with E-state index in [1.807, 2.05) is 6.92 Å². The number of nitrogens with one attached hydrogen (secondary N) is 1. The van der Waals surface area contributed by atoms with E-state index >= 15 is 0 Å². The number of halogens is 2. The lowest BCUT2D eigenvalue weighted by molar-refractivity contribution is -0.117. The molecule has 0 bridgehead atoms. The number of aromatic nitrogens is 5. The maximum Gasteiger partial charge on any atom is 0.193 e. The fraction of sp³-hybridized carbons (Fsp3) is 0.316. The predicted octanol–water partition coefficient (Wildman–Crippen LogP) is 3.58. The van der Waals surface area contributed by atoms with Crippen LogP contribution in [0.4, 0.5) is 5.82 Å². The van der Waals surface area contributed by atoms with Gasteiger partial charge < -0.3 is 10.1 Å². The molecule has 0 amide bonds. The number of ketones is 1. The maximum atomic E-state index is 12.7. The minimum atomic E-state index is -0.195. The molecule has 0 aliphatic heterocycles. The van der Waals surface area contributed by atoms with Crippen molar-refractivity contribution in [2.24, 2.45) is 0 Å². The van der Waals surface area contributed by atoms with Crippen LogP contribution in [0.1, 0.15) is 29.7 Å². The molecule has 0 spiro atoms. The molecule has 3 rings (SSSR count). The number of Topliss-reactive ketones (excluding diaryl/α,β-unsaturated/α-hetero) is 1. The Balaban J connectivity index is 1.79. The van der Waals surface area contributed by atoms with Crippen LogP contribution in [-0.2, 0) is 22.4 Å². The summed E-state index contributed by atoms with van der Waals surface area (Å²) in [5.41, 5.74) is 2.43. The standard InChI is InChI=1S/C19H20BrClN6O2/c1-11(29-3)16-13(10-23-18(22-2)17(16)20)8-14(28)6-12-7-15(21)19(24-9-12)27-25-4-5-26-27/h4-5,7,9-11H,6,8H2,1-3H3,(H,22,23)/t11-/m0/s1. The number of pyridine rings is 2. The average Bonchev–Trinajstić information content (AvgIpc) is 3.22. The number of carbonyl (C=O) groups excluding carboxylic acids is 1. The second-order valence-electron chi connectivity index (χ2n) is 6.35. The van der Waals surface area contributed by atoms with Gasteiger partial charge in [-0.05, 0) is 40.0 Å². The van der Waals surface area contributed by atoms with Crippen LogP contribution in [0.5, 0.6) is 0 Å². The Kier molecular flexibility index (Phi) is 6.94. The lowest BCUT2D eigenvalue weighted by Crippen LogP contribution is -2.13. The largest absolute Gasteiger partial charge is 0.377 e. The molecule has 8 nitrogen and oxygen atoms in total. The van der Waals surface area contributed by atoms with E-state index in [-0.39, 0.29) is 24.7 Å². The summed E-state index contributed by atoms with van der Waals surface area (Å²) in [7, 11) is 3.42. The second-order valence-corrected chi connectivity index (χ2v) is 7.55. The van der Waals surface area contributed by atoms with E-state index in [2.05, 4.69) is 41.4 Å². The van der Waals surface area contributed by atoms with Gasteiger partial charge in [-0.15, -0.1) is 4.80 Å². The highest BCUT2D eigenvalue weighted by molar-refractivity contribution is 9.10. The molecule has 0 aliphatic rings. The zero-order valence-corrected chi connectivity index (χ0v) is 18.5. The van der Waals surface area contributed by atoms with Crippen LogP contribution in [0, 0.1) is 0 Å². The zero-order chi connectivity index (χ0) is 21.0. The summed E-state index contributed by atoms with van der Waals surface area (Å²) in [4.78, 5) is 22.7. The van der Waals surface area contributed by atoms with Crippen LogP contribution in [0.15, 0.2) is 35.3 Å². The van der Waals surface area contributed by atoms with Crippen molar-refractivity contribution in [3.05, 3.63) is 57.0 Å². The summed E-state index contributed by atoms with van der Waals surface area (Å²) in [5, 5.41) is 11.4. The van der Waals surface area contributed by atoms with Crippen molar-refractivity contribution in [2.75, 3.05) is 19.5 Å². The van der Waals surface area contributed by atoms with Crippen molar-refractivity contribution in [2.45, 2.75) is 25.9 Å². The fourth-order valence-corrected chi connectivity index (χ4v) is 4.09. The van der Waals surface area contributed by atoms with Gasteiger partial charge in [0.25, 0.3) is 0 Å². The summed E-state index contributed by atoms with van der Waals surface area (Å²) in [5.74, 6) is 1.13. The Bertz CT molecular complexity index is 1010. The first kappa shape index (κ1) is 21.4. The van der Waals surface area contributed by atoms with Crippen LogP contribution in [0.3, 0.4) is 0 Å². The van der Waals surface area contributed by atoms with E-state index < -0.39 is 0 Å². The van der Waals surface area contributed by atoms with Crippen molar-refractivity contribution in [3.8, 4) is 5.82 Å². The highest BCUT2D eigenvalue weighted by Gasteiger charge is 2.20. The first-order chi connectivity index (χ1) is 13.9. The van der Waals surface area contributed by atoms with Crippen molar-refractivity contribution in [1.82, 2.24) is 25.0 Å². The van der Waals surface area contributed by atoms with Gasteiger partial charge in [0.15, 0.2) is 5.82 Å². The van der Waals surface area contributed by atoms with Gasteiger partial charge in [-0.2, -0.15) is 10.2 Å². The Labute approximate surface area is 181 Å². The van der Waals surface area contributed by atoms with E-state index in [0.717, 1.165) is 21.2 Å². The Morgan fingerprint density at radius 1 is 1.28 bits per heavy atom. The molecular weight excluding hydrogens is 460 g/mol. The number of methoxy groups -OCH3 is 1. The van der Waals surface area contributed by atoms with Gasteiger partial charge in [-0.3, -0.25) is 4.79 Å². The Morgan fingerprint density at radius 2 is 2.00 bits per heavy atom. The number of nitrogens with zero attached hydrogens (tertiary/aromatic N) is 5.